The molecule has 4 nitrogen and oxygen atoms in total. The molecular formula is C17H18INO3. The number of hydrogen-bond donors (Lipinski definition) is 1. The monoisotopic (exact) mass is 411 g/mol. The van der Waals surface area contributed by atoms with Crippen LogP contribution in [0.3, 0.4) is 0 Å². The summed E-state index contributed by atoms with van der Waals surface area (Å²) in [6.45, 7) is 2.37. The summed E-state index contributed by atoms with van der Waals surface area (Å²) in [5.74, 6) is 1.20. The molecule has 0 aliphatic rings. The van der Waals surface area contributed by atoms with Crippen molar-refractivity contribution >= 4 is 28.5 Å². The van der Waals surface area contributed by atoms with Crippen LogP contribution >= 0.6 is 22.6 Å². The normalized spacial score (nSPS) is 10.2. The zero-order chi connectivity index (χ0) is 16.1. The Morgan fingerprint density at radius 1 is 1.14 bits per heavy atom. The fourth-order valence-electron chi connectivity index (χ4n) is 2.19. The van der Waals surface area contributed by atoms with Crippen LogP contribution < -0.4 is 14.8 Å². The number of ether oxygens (including phenoxy) is 2. The van der Waals surface area contributed by atoms with E-state index in [-0.39, 0.29) is 5.91 Å². The van der Waals surface area contributed by atoms with Gasteiger partial charge in [-0.15, -0.1) is 0 Å². The van der Waals surface area contributed by atoms with E-state index in [1.165, 1.54) is 0 Å². The average Bonchev–Trinajstić information content (AvgIpc) is 2.54. The average molecular weight is 411 g/mol. The summed E-state index contributed by atoms with van der Waals surface area (Å²) in [6, 6.07) is 11.3. The first-order chi connectivity index (χ1) is 10.6. The molecule has 0 spiro atoms. The number of methoxy groups -OCH3 is 2. The topological polar surface area (TPSA) is 47.6 Å². The second-order valence-corrected chi connectivity index (χ2v) is 5.85. The van der Waals surface area contributed by atoms with Crippen molar-refractivity contribution in [2.45, 2.75) is 13.5 Å². The molecule has 0 aromatic heterocycles. The Hall–Kier alpha value is -1.76. The summed E-state index contributed by atoms with van der Waals surface area (Å²) in [6.07, 6.45) is 0. The predicted molar refractivity (Wildman–Crippen MR) is 94.6 cm³/mol. The van der Waals surface area contributed by atoms with Crippen LogP contribution in [0.15, 0.2) is 36.4 Å². The molecule has 1 amide bonds. The molecule has 22 heavy (non-hydrogen) atoms. The highest BCUT2D eigenvalue weighted by atomic mass is 127. The summed E-state index contributed by atoms with van der Waals surface area (Å²) in [5.41, 5.74) is 2.65. The van der Waals surface area contributed by atoms with E-state index < -0.39 is 0 Å². The largest absolute Gasteiger partial charge is 0.493 e. The van der Waals surface area contributed by atoms with Crippen LogP contribution in [0.1, 0.15) is 21.5 Å². The standard InChI is InChI=1S/C17H18INO3/c1-11-6-4-8-13(15(11)18)17(20)19-10-12-7-5-9-14(21-2)16(12)22-3/h4-9H,10H2,1-3H3,(H,19,20). The van der Waals surface area contributed by atoms with E-state index in [0.29, 0.717) is 23.6 Å². The number of carbonyl (C=O) groups is 1. The number of halogens is 1. The highest BCUT2D eigenvalue weighted by molar-refractivity contribution is 14.1. The van der Waals surface area contributed by atoms with Crippen LogP contribution in [0.4, 0.5) is 0 Å². The number of aryl methyl sites for hydroxylation is 1. The number of para-hydroxylation sites is 1. The van der Waals surface area contributed by atoms with E-state index in [2.05, 4.69) is 27.9 Å². The van der Waals surface area contributed by atoms with E-state index in [0.717, 1.165) is 14.7 Å². The molecule has 0 fully saturated rings. The van der Waals surface area contributed by atoms with Crippen LogP contribution in [-0.2, 0) is 6.54 Å². The molecule has 0 saturated carbocycles. The molecule has 2 rings (SSSR count). The fourth-order valence-corrected chi connectivity index (χ4v) is 2.79. The smallest absolute Gasteiger partial charge is 0.252 e. The van der Waals surface area contributed by atoms with Crippen LogP contribution in [0.25, 0.3) is 0 Å². The Morgan fingerprint density at radius 3 is 2.55 bits per heavy atom. The predicted octanol–water partition coefficient (Wildman–Crippen LogP) is 3.55. The number of nitrogens with one attached hydrogen (secondary N) is 1. The number of rotatable bonds is 5. The molecule has 0 atom stereocenters. The van der Waals surface area contributed by atoms with Crippen molar-refractivity contribution in [1.82, 2.24) is 5.32 Å². The summed E-state index contributed by atoms with van der Waals surface area (Å²) in [7, 11) is 3.18. The zero-order valence-electron chi connectivity index (χ0n) is 12.8. The van der Waals surface area contributed by atoms with Gasteiger partial charge in [-0.1, -0.05) is 24.3 Å². The van der Waals surface area contributed by atoms with Gasteiger partial charge in [0.05, 0.1) is 19.8 Å². The first-order valence-corrected chi connectivity index (χ1v) is 7.89. The molecular weight excluding hydrogens is 393 g/mol. The van der Waals surface area contributed by atoms with Gasteiger partial charge in [0.15, 0.2) is 11.5 Å². The van der Waals surface area contributed by atoms with Crippen molar-refractivity contribution in [3.05, 3.63) is 56.7 Å². The van der Waals surface area contributed by atoms with Gasteiger partial charge in [-0.05, 0) is 47.2 Å². The lowest BCUT2D eigenvalue weighted by Gasteiger charge is -2.13. The lowest BCUT2D eigenvalue weighted by atomic mass is 10.1. The lowest BCUT2D eigenvalue weighted by Crippen LogP contribution is -2.24. The van der Waals surface area contributed by atoms with E-state index >= 15 is 0 Å². The Morgan fingerprint density at radius 2 is 1.86 bits per heavy atom. The number of benzene rings is 2. The molecule has 0 heterocycles. The third-order valence-corrected chi connectivity index (χ3v) is 4.79. The van der Waals surface area contributed by atoms with Crippen molar-refractivity contribution in [3.63, 3.8) is 0 Å². The van der Waals surface area contributed by atoms with Gasteiger partial charge in [0, 0.05) is 15.7 Å². The summed E-state index contributed by atoms with van der Waals surface area (Å²) in [5, 5.41) is 2.93. The highest BCUT2D eigenvalue weighted by Crippen LogP contribution is 2.30. The summed E-state index contributed by atoms with van der Waals surface area (Å²) >= 11 is 2.19. The minimum Gasteiger partial charge on any atom is -0.493 e. The molecule has 0 aliphatic heterocycles. The summed E-state index contributed by atoms with van der Waals surface area (Å²) < 4.78 is 11.6. The molecule has 0 aliphatic carbocycles. The first kappa shape index (κ1) is 16.6. The van der Waals surface area contributed by atoms with Gasteiger partial charge in [0.2, 0.25) is 0 Å². The highest BCUT2D eigenvalue weighted by Gasteiger charge is 2.13. The number of carbonyl (C=O) groups excluding carboxylic acids is 1. The maximum atomic E-state index is 12.4. The van der Waals surface area contributed by atoms with Crippen LogP contribution in [0.2, 0.25) is 0 Å². The van der Waals surface area contributed by atoms with Crippen molar-refractivity contribution < 1.29 is 14.3 Å². The molecule has 0 saturated heterocycles. The van der Waals surface area contributed by atoms with E-state index in [1.807, 2.05) is 43.3 Å². The van der Waals surface area contributed by atoms with Gasteiger partial charge in [-0.2, -0.15) is 0 Å². The fraction of sp³-hybridized carbons (Fsp3) is 0.235. The third-order valence-electron chi connectivity index (χ3n) is 3.36. The SMILES string of the molecule is COc1cccc(CNC(=O)c2cccc(C)c2I)c1OC. The molecule has 0 unspecified atom stereocenters. The quantitative estimate of drug-likeness (QED) is 0.766. The van der Waals surface area contributed by atoms with Crippen molar-refractivity contribution in [2.75, 3.05) is 14.2 Å². The van der Waals surface area contributed by atoms with E-state index in [9.17, 15) is 4.79 Å². The second-order valence-electron chi connectivity index (χ2n) is 4.77. The van der Waals surface area contributed by atoms with Gasteiger partial charge >= 0.3 is 0 Å². The van der Waals surface area contributed by atoms with Crippen molar-refractivity contribution in [3.8, 4) is 11.5 Å². The van der Waals surface area contributed by atoms with E-state index in [1.54, 1.807) is 14.2 Å². The minimum absolute atomic E-state index is 0.0991. The minimum atomic E-state index is -0.0991. The van der Waals surface area contributed by atoms with Gasteiger partial charge in [0.1, 0.15) is 0 Å². The molecule has 116 valence electrons. The Labute approximate surface area is 144 Å². The maximum absolute atomic E-state index is 12.4. The molecule has 2 aromatic carbocycles. The van der Waals surface area contributed by atoms with Crippen molar-refractivity contribution in [2.24, 2.45) is 0 Å². The molecule has 0 bridgehead atoms. The lowest BCUT2D eigenvalue weighted by molar-refractivity contribution is 0.0949. The van der Waals surface area contributed by atoms with Gasteiger partial charge in [-0.3, -0.25) is 4.79 Å². The van der Waals surface area contributed by atoms with Gasteiger partial charge in [-0.25, -0.2) is 0 Å². The van der Waals surface area contributed by atoms with Crippen LogP contribution in [0.5, 0.6) is 11.5 Å². The molecule has 0 radical (unpaired) electrons. The number of hydrogen-bond acceptors (Lipinski definition) is 3. The Bertz CT molecular complexity index is 686. The second kappa shape index (κ2) is 7.49. The Balaban J connectivity index is 2.16. The molecule has 1 N–H and O–H groups in total. The van der Waals surface area contributed by atoms with Gasteiger partial charge in [0.25, 0.3) is 5.91 Å². The molecule has 2 aromatic rings. The number of amides is 1. The zero-order valence-corrected chi connectivity index (χ0v) is 14.9. The molecule has 5 heteroatoms. The Kier molecular flexibility index (Phi) is 5.65. The third kappa shape index (κ3) is 3.52. The first-order valence-electron chi connectivity index (χ1n) is 6.81. The van der Waals surface area contributed by atoms with E-state index in [4.69, 9.17) is 9.47 Å². The van der Waals surface area contributed by atoms with Crippen molar-refractivity contribution in [1.29, 1.82) is 0 Å². The maximum Gasteiger partial charge on any atom is 0.252 e. The summed E-state index contributed by atoms with van der Waals surface area (Å²) in [4.78, 5) is 12.4. The van der Waals surface area contributed by atoms with Crippen LogP contribution in [0, 0.1) is 10.5 Å². The van der Waals surface area contributed by atoms with Gasteiger partial charge < -0.3 is 14.8 Å². The van der Waals surface area contributed by atoms with Crippen LogP contribution in [-0.4, -0.2) is 20.1 Å².